The summed E-state index contributed by atoms with van der Waals surface area (Å²) in [4.78, 5) is 14.8. The fraction of sp³-hybridized carbons (Fsp3) is 0.450. The minimum Gasteiger partial charge on any atom is -0.351 e. The maximum atomic E-state index is 12.3. The maximum absolute atomic E-state index is 12.3. The first-order chi connectivity index (χ1) is 11.6. The van der Waals surface area contributed by atoms with Crippen molar-refractivity contribution in [2.45, 2.75) is 39.8 Å². The van der Waals surface area contributed by atoms with Crippen molar-refractivity contribution in [1.82, 2.24) is 14.8 Å². The molecule has 3 rings (SSSR count). The molecule has 0 spiro atoms. The molecule has 0 bridgehead atoms. The molecule has 0 atom stereocenters. The Kier molecular flexibility index (Phi) is 5.05. The first-order valence-electron chi connectivity index (χ1n) is 8.82. The Labute approximate surface area is 144 Å². The lowest BCUT2D eigenvalue weighted by molar-refractivity contribution is 0.0945. The smallest absolute Gasteiger partial charge is 0.267 e. The van der Waals surface area contributed by atoms with E-state index in [1.165, 1.54) is 22.4 Å². The van der Waals surface area contributed by atoms with E-state index in [2.05, 4.69) is 59.0 Å². The summed E-state index contributed by atoms with van der Waals surface area (Å²) in [5.74, 6) is 0.0407. The summed E-state index contributed by atoms with van der Waals surface area (Å²) in [6.07, 6.45) is 1.96. The highest BCUT2D eigenvalue weighted by Crippen LogP contribution is 2.24. The number of hydrogen-bond donors (Lipinski definition) is 1. The molecule has 0 aliphatic carbocycles. The normalized spacial score (nSPS) is 14.5. The second-order valence-corrected chi connectivity index (χ2v) is 6.77. The Morgan fingerprint density at radius 2 is 2.12 bits per heavy atom. The van der Waals surface area contributed by atoms with Crippen LogP contribution < -0.4 is 5.32 Å². The van der Waals surface area contributed by atoms with Crippen molar-refractivity contribution in [3.63, 3.8) is 0 Å². The van der Waals surface area contributed by atoms with Gasteiger partial charge in [-0.25, -0.2) is 0 Å². The molecule has 0 saturated heterocycles. The molecule has 4 nitrogen and oxygen atoms in total. The lowest BCUT2D eigenvalue weighted by Gasteiger charge is -2.27. The third-order valence-electron chi connectivity index (χ3n) is 4.76. The van der Waals surface area contributed by atoms with Crippen LogP contribution in [0.25, 0.3) is 0 Å². The molecular weight excluding hydrogens is 298 g/mol. The Bertz CT molecular complexity index is 732. The number of rotatable bonds is 5. The number of fused-ring (bicyclic) bond motifs is 1. The number of amides is 1. The molecule has 0 unspecified atom stereocenters. The van der Waals surface area contributed by atoms with Gasteiger partial charge in [-0.2, -0.15) is 0 Å². The summed E-state index contributed by atoms with van der Waals surface area (Å²) in [5, 5.41) is 2.98. The number of carbonyl (C=O) groups is 1. The Morgan fingerprint density at radius 1 is 1.29 bits per heavy atom. The van der Waals surface area contributed by atoms with Crippen molar-refractivity contribution in [3.8, 4) is 0 Å². The Hall–Kier alpha value is -2.07. The topological polar surface area (TPSA) is 37.3 Å². The number of nitrogens with zero attached hydrogens (tertiary/aromatic N) is 2. The SMILES string of the molecule is CCCNC(=O)c1cc2c(n1C)CCN(Cc1cccc(C)c1)C2. The van der Waals surface area contributed by atoms with Gasteiger partial charge < -0.3 is 9.88 Å². The molecule has 1 amide bonds. The standard InChI is InChI=1S/C20H27N3O/c1-4-9-21-20(24)19-12-17-14-23(10-8-18(17)22(19)3)13-16-7-5-6-15(2)11-16/h5-7,11-12H,4,8-10,13-14H2,1-3H3,(H,21,24). The number of aromatic nitrogens is 1. The van der Waals surface area contributed by atoms with Gasteiger partial charge >= 0.3 is 0 Å². The van der Waals surface area contributed by atoms with Gasteiger partial charge in [-0.15, -0.1) is 0 Å². The lowest BCUT2D eigenvalue weighted by Crippen LogP contribution is -2.30. The summed E-state index contributed by atoms with van der Waals surface area (Å²) >= 11 is 0. The predicted octanol–water partition coefficient (Wildman–Crippen LogP) is 3.03. The molecule has 1 aromatic carbocycles. The van der Waals surface area contributed by atoms with Gasteiger partial charge in [0.1, 0.15) is 5.69 Å². The lowest BCUT2D eigenvalue weighted by atomic mass is 10.1. The molecule has 128 valence electrons. The molecule has 24 heavy (non-hydrogen) atoms. The van der Waals surface area contributed by atoms with Crippen LogP contribution in [-0.2, 0) is 26.6 Å². The van der Waals surface area contributed by atoms with Crippen molar-refractivity contribution >= 4 is 5.91 Å². The van der Waals surface area contributed by atoms with Gasteiger partial charge in [-0.1, -0.05) is 36.8 Å². The molecule has 0 radical (unpaired) electrons. The van der Waals surface area contributed by atoms with Crippen molar-refractivity contribution in [2.24, 2.45) is 7.05 Å². The van der Waals surface area contributed by atoms with Crippen LogP contribution in [0, 0.1) is 6.92 Å². The minimum absolute atomic E-state index is 0.0407. The maximum Gasteiger partial charge on any atom is 0.267 e. The van der Waals surface area contributed by atoms with Crippen LogP contribution in [0.4, 0.5) is 0 Å². The summed E-state index contributed by atoms with van der Waals surface area (Å²) in [6, 6.07) is 10.8. The van der Waals surface area contributed by atoms with E-state index in [0.29, 0.717) is 0 Å². The highest BCUT2D eigenvalue weighted by Gasteiger charge is 2.23. The van der Waals surface area contributed by atoms with Gasteiger partial charge in [0, 0.05) is 45.3 Å². The number of carbonyl (C=O) groups excluding carboxylic acids is 1. The summed E-state index contributed by atoms with van der Waals surface area (Å²) in [6.45, 7) is 7.85. The number of aryl methyl sites for hydroxylation is 1. The van der Waals surface area contributed by atoms with E-state index in [4.69, 9.17) is 0 Å². The van der Waals surface area contributed by atoms with Crippen molar-refractivity contribution in [2.75, 3.05) is 13.1 Å². The van der Waals surface area contributed by atoms with Crippen molar-refractivity contribution < 1.29 is 4.79 Å². The van der Waals surface area contributed by atoms with E-state index in [9.17, 15) is 4.79 Å². The van der Waals surface area contributed by atoms with Crippen molar-refractivity contribution in [1.29, 1.82) is 0 Å². The second-order valence-electron chi connectivity index (χ2n) is 6.77. The molecule has 1 aliphatic rings. The summed E-state index contributed by atoms with van der Waals surface area (Å²) in [7, 11) is 2.01. The van der Waals surface area contributed by atoms with Gasteiger partial charge in [-0.3, -0.25) is 9.69 Å². The molecule has 4 heteroatoms. The average Bonchev–Trinajstić information content (AvgIpc) is 2.89. The zero-order chi connectivity index (χ0) is 17.1. The van der Waals surface area contributed by atoms with E-state index < -0.39 is 0 Å². The van der Waals surface area contributed by atoms with Crippen LogP contribution in [0.1, 0.15) is 46.2 Å². The largest absolute Gasteiger partial charge is 0.351 e. The molecule has 2 aromatic rings. The highest BCUT2D eigenvalue weighted by atomic mass is 16.1. The molecule has 0 saturated carbocycles. The summed E-state index contributed by atoms with van der Waals surface area (Å²) < 4.78 is 2.07. The monoisotopic (exact) mass is 325 g/mol. The summed E-state index contributed by atoms with van der Waals surface area (Å²) in [5.41, 5.74) is 6.04. The third-order valence-corrected chi connectivity index (χ3v) is 4.76. The average molecular weight is 325 g/mol. The number of nitrogens with one attached hydrogen (secondary N) is 1. The van der Waals surface area contributed by atoms with Crippen molar-refractivity contribution in [3.05, 3.63) is 58.4 Å². The van der Waals surface area contributed by atoms with Crippen LogP contribution in [0.5, 0.6) is 0 Å². The first-order valence-corrected chi connectivity index (χ1v) is 8.82. The van der Waals surface area contributed by atoms with Crippen LogP contribution >= 0.6 is 0 Å². The van der Waals surface area contributed by atoms with E-state index >= 15 is 0 Å². The van der Waals surface area contributed by atoms with Gasteiger partial charge in [0.15, 0.2) is 0 Å². The van der Waals surface area contributed by atoms with Crippen LogP contribution in [0.2, 0.25) is 0 Å². The molecule has 1 aromatic heterocycles. The molecule has 0 fully saturated rings. The fourth-order valence-electron chi connectivity index (χ4n) is 3.51. The zero-order valence-electron chi connectivity index (χ0n) is 14.9. The van der Waals surface area contributed by atoms with E-state index in [0.717, 1.165) is 44.7 Å². The van der Waals surface area contributed by atoms with E-state index in [1.54, 1.807) is 0 Å². The highest BCUT2D eigenvalue weighted by molar-refractivity contribution is 5.93. The van der Waals surface area contributed by atoms with Crippen LogP contribution in [0.3, 0.4) is 0 Å². The molecule has 2 heterocycles. The predicted molar refractivity (Wildman–Crippen MR) is 97.0 cm³/mol. The molecule has 1 N–H and O–H groups in total. The van der Waals surface area contributed by atoms with Crippen LogP contribution in [0.15, 0.2) is 30.3 Å². The fourth-order valence-corrected chi connectivity index (χ4v) is 3.51. The zero-order valence-corrected chi connectivity index (χ0v) is 14.9. The van der Waals surface area contributed by atoms with Gasteiger partial charge in [0.2, 0.25) is 0 Å². The van der Waals surface area contributed by atoms with Gasteiger partial charge in [-0.05, 0) is 30.5 Å². The quantitative estimate of drug-likeness (QED) is 0.917. The molecule has 1 aliphatic heterocycles. The minimum atomic E-state index is 0.0407. The second kappa shape index (κ2) is 7.22. The van der Waals surface area contributed by atoms with Gasteiger partial charge in [0.05, 0.1) is 0 Å². The van der Waals surface area contributed by atoms with Gasteiger partial charge in [0.25, 0.3) is 5.91 Å². The first kappa shape index (κ1) is 16.8. The van der Waals surface area contributed by atoms with Crippen LogP contribution in [-0.4, -0.2) is 28.5 Å². The Balaban J connectivity index is 1.72. The van der Waals surface area contributed by atoms with E-state index in [-0.39, 0.29) is 5.91 Å². The van der Waals surface area contributed by atoms with E-state index in [1.807, 2.05) is 7.05 Å². The molecular formula is C20H27N3O. The third kappa shape index (κ3) is 3.54. The Morgan fingerprint density at radius 3 is 2.88 bits per heavy atom. The number of benzene rings is 1. The number of hydrogen-bond acceptors (Lipinski definition) is 2.